The molecule has 7 nitrogen and oxygen atoms in total. The summed E-state index contributed by atoms with van der Waals surface area (Å²) in [6.07, 6.45) is 3.22. The van der Waals surface area contributed by atoms with E-state index in [0.717, 1.165) is 65.8 Å². The molecule has 1 unspecified atom stereocenters. The molecule has 0 saturated heterocycles. The van der Waals surface area contributed by atoms with Crippen LogP contribution in [0, 0.1) is 6.92 Å². The van der Waals surface area contributed by atoms with Crippen LogP contribution in [0.25, 0.3) is 11.0 Å². The van der Waals surface area contributed by atoms with E-state index in [1.165, 1.54) is 16.7 Å². The van der Waals surface area contributed by atoms with E-state index in [1.54, 1.807) is 4.68 Å². The Morgan fingerprint density at radius 3 is 2.82 bits per heavy atom. The van der Waals surface area contributed by atoms with E-state index < -0.39 is 5.97 Å². The average Bonchev–Trinajstić information content (AvgIpc) is 3.45. The van der Waals surface area contributed by atoms with Crippen LogP contribution in [0.3, 0.4) is 0 Å². The molecule has 38 heavy (non-hydrogen) atoms. The van der Waals surface area contributed by atoms with Gasteiger partial charge in [0.2, 0.25) is 0 Å². The summed E-state index contributed by atoms with van der Waals surface area (Å²) in [7, 11) is 1.87. The number of rotatable bonds is 6. The second-order valence-corrected chi connectivity index (χ2v) is 10.7. The highest BCUT2D eigenvalue weighted by atomic mass is 16.5. The molecule has 6 rings (SSSR count). The molecule has 0 fully saturated rings. The van der Waals surface area contributed by atoms with Crippen LogP contribution in [0.15, 0.2) is 54.6 Å². The van der Waals surface area contributed by atoms with Gasteiger partial charge < -0.3 is 9.84 Å². The van der Waals surface area contributed by atoms with Gasteiger partial charge in [-0.15, -0.1) is 5.10 Å². The van der Waals surface area contributed by atoms with Crippen LogP contribution in [0.2, 0.25) is 0 Å². The standard InChI is InChI=1S/C31H34N4O3/c1-4-23-18-35(17-22-7-5-6-8-29(22)38-23)27-13-11-20-9-10-21(15-26(20)27)25(16-30(36)37)24-12-14-28-31(19(24)2)32-33-34(28)3/h5-10,12,14-15,23,25,27H,4,11,13,16-18H2,1-3H3,(H,36,37)/t23-,25?,27-/m1/s1. The maximum atomic E-state index is 12.1. The monoisotopic (exact) mass is 510 g/mol. The first-order valence-electron chi connectivity index (χ1n) is 13.5. The number of fused-ring (bicyclic) bond motifs is 3. The molecule has 4 aromatic rings. The molecular formula is C31H34N4O3. The van der Waals surface area contributed by atoms with Crippen LogP contribution in [0.4, 0.5) is 0 Å². The van der Waals surface area contributed by atoms with Gasteiger partial charge in [-0.25, -0.2) is 4.68 Å². The summed E-state index contributed by atoms with van der Waals surface area (Å²) in [6.45, 7) is 5.93. The van der Waals surface area contributed by atoms with E-state index in [1.807, 2.05) is 32.2 Å². The Bertz CT molecular complexity index is 1510. The molecule has 2 heterocycles. The Balaban J connectivity index is 1.39. The first-order chi connectivity index (χ1) is 18.4. The quantitative estimate of drug-likeness (QED) is 0.367. The molecule has 0 spiro atoms. The Hall–Kier alpha value is -3.71. The molecule has 1 aromatic heterocycles. The zero-order chi connectivity index (χ0) is 26.4. The number of benzene rings is 3. The molecular weight excluding hydrogens is 476 g/mol. The molecule has 3 atom stereocenters. The van der Waals surface area contributed by atoms with Gasteiger partial charge in [-0.1, -0.05) is 54.6 Å². The molecule has 1 N–H and O–H groups in total. The van der Waals surface area contributed by atoms with Crippen LogP contribution < -0.4 is 4.74 Å². The Morgan fingerprint density at radius 2 is 2.00 bits per heavy atom. The number of para-hydroxylation sites is 1. The summed E-state index contributed by atoms with van der Waals surface area (Å²) >= 11 is 0. The Labute approximate surface area is 223 Å². The lowest BCUT2D eigenvalue weighted by molar-refractivity contribution is -0.137. The predicted molar refractivity (Wildman–Crippen MR) is 146 cm³/mol. The largest absolute Gasteiger partial charge is 0.489 e. The van der Waals surface area contributed by atoms with Crippen molar-refractivity contribution in [2.24, 2.45) is 7.05 Å². The highest BCUT2D eigenvalue weighted by molar-refractivity contribution is 5.80. The fourth-order valence-corrected chi connectivity index (χ4v) is 6.36. The predicted octanol–water partition coefficient (Wildman–Crippen LogP) is 5.54. The number of hydrogen-bond acceptors (Lipinski definition) is 5. The van der Waals surface area contributed by atoms with E-state index >= 15 is 0 Å². The van der Waals surface area contributed by atoms with Crippen LogP contribution in [0.5, 0.6) is 5.75 Å². The van der Waals surface area contributed by atoms with Gasteiger partial charge in [0.1, 0.15) is 17.4 Å². The minimum absolute atomic E-state index is 0.0267. The number of carbonyl (C=O) groups is 1. The number of nitrogens with zero attached hydrogens (tertiary/aromatic N) is 4. The molecule has 0 radical (unpaired) electrons. The summed E-state index contributed by atoms with van der Waals surface area (Å²) in [6, 6.07) is 19.3. The van der Waals surface area contributed by atoms with Crippen molar-refractivity contribution in [3.8, 4) is 5.75 Å². The van der Waals surface area contributed by atoms with E-state index in [2.05, 4.69) is 58.5 Å². The summed E-state index contributed by atoms with van der Waals surface area (Å²) in [5.74, 6) is -0.0787. The van der Waals surface area contributed by atoms with Gasteiger partial charge in [-0.05, 0) is 66.1 Å². The average molecular weight is 511 g/mol. The minimum Gasteiger partial charge on any atom is -0.489 e. The van der Waals surface area contributed by atoms with Gasteiger partial charge in [-0.3, -0.25) is 9.69 Å². The fraction of sp³-hybridized carbons (Fsp3) is 0.387. The molecule has 0 saturated carbocycles. The number of ether oxygens (including phenoxy) is 1. The first-order valence-corrected chi connectivity index (χ1v) is 13.5. The van der Waals surface area contributed by atoms with Gasteiger partial charge in [0.15, 0.2) is 0 Å². The molecule has 0 amide bonds. The lowest BCUT2D eigenvalue weighted by atomic mass is 9.84. The van der Waals surface area contributed by atoms with Crippen LogP contribution in [-0.4, -0.2) is 43.6 Å². The number of carboxylic acids is 1. The number of aryl methyl sites for hydroxylation is 3. The van der Waals surface area contributed by atoms with Crippen molar-refractivity contribution in [3.63, 3.8) is 0 Å². The molecule has 3 aromatic carbocycles. The van der Waals surface area contributed by atoms with E-state index in [-0.39, 0.29) is 24.5 Å². The number of aromatic nitrogens is 3. The van der Waals surface area contributed by atoms with Gasteiger partial charge in [0.05, 0.1) is 11.9 Å². The first kappa shape index (κ1) is 24.6. The second kappa shape index (κ2) is 9.87. The van der Waals surface area contributed by atoms with Crippen molar-refractivity contribution >= 4 is 17.0 Å². The van der Waals surface area contributed by atoms with Crippen molar-refractivity contribution in [2.75, 3.05) is 6.54 Å². The van der Waals surface area contributed by atoms with E-state index in [4.69, 9.17) is 4.74 Å². The zero-order valence-electron chi connectivity index (χ0n) is 22.2. The molecule has 1 aliphatic heterocycles. The van der Waals surface area contributed by atoms with Gasteiger partial charge in [0, 0.05) is 37.7 Å². The van der Waals surface area contributed by atoms with Gasteiger partial charge in [0.25, 0.3) is 0 Å². The molecule has 2 aliphatic rings. The number of aliphatic carboxylic acids is 1. The molecule has 1 aliphatic carbocycles. The van der Waals surface area contributed by atoms with E-state index in [0.29, 0.717) is 0 Å². The second-order valence-electron chi connectivity index (χ2n) is 10.7. The number of hydrogen-bond donors (Lipinski definition) is 1. The lowest BCUT2D eigenvalue weighted by Crippen LogP contribution is -2.34. The third-order valence-corrected chi connectivity index (χ3v) is 8.43. The summed E-state index contributed by atoms with van der Waals surface area (Å²) < 4.78 is 8.13. The van der Waals surface area contributed by atoms with Crippen molar-refractivity contribution in [2.45, 2.75) is 64.1 Å². The Kier molecular flexibility index (Phi) is 6.40. The maximum Gasteiger partial charge on any atom is 0.304 e. The minimum atomic E-state index is -0.808. The topological polar surface area (TPSA) is 80.5 Å². The third-order valence-electron chi connectivity index (χ3n) is 8.43. The summed E-state index contributed by atoms with van der Waals surface area (Å²) in [5, 5.41) is 18.4. The lowest BCUT2D eigenvalue weighted by Gasteiger charge is -2.30. The normalized spacial score (nSPS) is 20.0. The van der Waals surface area contributed by atoms with Gasteiger partial charge >= 0.3 is 5.97 Å². The van der Waals surface area contributed by atoms with Crippen LogP contribution in [0.1, 0.15) is 71.5 Å². The highest BCUT2D eigenvalue weighted by Gasteiger charge is 2.33. The molecule has 7 heteroatoms. The number of carboxylic acid groups (broad SMARTS) is 1. The Morgan fingerprint density at radius 1 is 1.16 bits per heavy atom. The van der Waals surface area contributed by atoms with Crippen LogP contribution in [-0.2, 0) is 24.8 Å². The van der Waals surface area contributed by atoms with Crippen molar-refractivity contribution in [3.05, 3.63) is 88.0 Å². The van der Waals surface area contributed by atoms with Crippen LogP contribution >= 0.6 is 0 Å². The summed E-state index contributed by atoms with van der Waals surface area (Å²) in [4.78, 5) is 14.6. The van der Waals surface area contributed by atoms with Crippen molar-refractivity contribution < 1.29 is 14.6 Å². The zero-order valence-corrected chi connectivity index (χ0v) is 22.2. The molecule has 196 valence electrons. The maximum absolute atomic E-state index is 12.1. The van der Waals surface area contributed by atoms with E-state index in [9.17, 15) is 9.90 Å². The van der Waals surface area contributed by atoms with Crippen molar-refractivity contribution in [1.29, 1.82) is 0 Å². The molecule has 0 bridgehead atoms. The SMILES string of the molecule is CC[C@@H]1CN([C@@H]2CCc3ccc(C(CC(=O)O)c4ccc5c(nnn5C)c4C)cc32)Cc2ccccc2O1. The van der Waals surface area contributed by atoms with Gasteiger partial charge in [-0.2, -0.15) is 0 Å². The summed E-state index contributed by atoms with van der Waals surface area (Å²) in [5.41, 5.74) is 8.72. The highest BCUT2D eigenvalue weighted by Crippen LogP contribution is 2.42. The van der Waals surface area contributed by atoms with Crippen molar-refractivity contribution in [1.82, 2.24) is 19.9 Å². The smallest absolute Gasteiger partial charge is 0.304 e. The third kappa shape index (κ3) is 4.35. The fourth-order valence-electron chi connectivity index (χ4n) is 6.36.